The maximum absolute atomic E-state index is 13.4. The number of methoxy groups -OCH3 is 3. The van der Waals surface area contributed by atoms with E-state index in [0.717, 1.165) is 5.56 Å². The molecule has 15 heteroatoms. The molecule has 2 fully saturated rings. The van der Waals surface area contributed by atoms with Crippen molar-refractivity contribution in [1.29, 1.82) is 0 Å². The summed E-state index contributed by atoms with van der Waals surface area (Å²) in [5, 5.41) is 2.93. The van der Waals surface area contributed by atoms with E-state index in [-0.39, 0.29) is 23.7 Å². The van der Waals surface area contributed by atoms with Gasteiger partial charge < -0.3 is 29.2 Å². The fraction of sp³-hybridized carbons (Fsp3) is 0.667. The van der Waals surface area contributed by atoms with Gasteiger partial charge in [-0.3, -0.25) is 28.4 Å². The number of amides is 2. The first-order valence-corrected chi connectivity index (χ1v) is 15.1. The summed E-state index contributed by atoms with van der Waals surface area (Å²) >= 11 is 0. The predicted molar refractivity (Wildman–Crippen MR) is 152 cm³/mol. The lowest BCUT2D eigenvalue weighted by Gasteiger charge is -2.37. The largest absolute Gasteiger partial charge is 0.493 e. The maximum atomic E-state index is 13.4. The fourth-order valence-corrected chi connectivity index (χ4v) is 4.84. The molecule has 0 unspecified atom stereocenters. The third-order valence-electron chi connectivity index (χ3n) is 6.90. The highest BCUT2D eigenvalue weighted by atomic mass is 32.3. The lowest BCUT2D eigenvalue weighted by atomic mass is 10.0. The van der Waals surface area contributed by atoms with Crippen LogP contribution >= 0.6 is 0 Å². The zero-order valence-electron chi connectivity index (χ0n) is 25.0. The molecule has 1 aliphatic carbocycles. The Labute approximate surface area is 247 Å². The minimum absolute atomic E-state index is 0.0706. The van der Waals surface area contributed by atoms with Crippen molar-refractivity contribution in [2.75, 3.05) is 54.1 Å². The Bertz CT molecular complexity index is 1180. The number of hydrogen-bond acceptors (Lipinski definition) is 10. The second kappa shape index (κ2) is 15.9. The van der Waals surface area contributed by atoms with Crippen LogP contribution in [0.1, 0.15) is 39.2 Å². The van der Waals surface area contributed by atoms with E-state index < -0.39 is 28.3 Å². The predicted octanol–water partition coefficient (Wildman–Crippen LogP) is 1.43. The molecule has 0 radical (unpaired) electrons. The molecule has 3 rings (SSSR count). The second-order valence-electron chi connectivity index (χ2n) is 10.4. The van der Waals surface area contributed by atoms with Gasteiger partial charge in [0.25, 0.3) is 0 Å². The summed E-state index contributed by atoms with van der Waals surface area (Å²) in [6, 6.07) is 3.23. The number of esters is 1. The SMILES string of the molecule is CCOC(=O)[C@@H]1C[C@H]1C(=O)N[C@@H](CC(C)C)C(=O)N1CCN(Cc2ccc(OC)c(OC)c2OC)CC1.O=S(=O)(O)O. The molecule has 3 atom stereocenters. The van der Waals surface area contributed by atoms with Crippen LogP contribution in [0.2, 0.25) is 0 Å². The molecule has 2 aliphatic rings. The van der Waals surface area contributed by atoms with Crippen molar-refractivity contribution in [3.8, 4) is 17.2 Å². The zero-order valence-corrected chi connectivity index (χ0v) is 25.8. The smallest absolute Gasteiger partial charge is 0.394 e. The Balaban J connectivity index is 0.00000113. The Kier molecular flexibility index (Phi) is 13.3. The summed E-state index contributed by atoms with van der Waals surface area (Å²) in [6.07, 6.45) is 1.02. The van der Waals surface area contributed by atoms with E-state index in [1.54, 1.807) is 28.3 Å². The van der Waals surface area contributed by atoms with Crippen molar-refractivity contribution in [2.24, 2.45) is 17.8 Å². The van der Waals surface area contributed by atoms with Gasteiger partial charge in [0.05, 0.1) is 39.8 Å². The minimum atomic E-state index is -4.67. The first-order valence-electron chi connectivity index (χ1n) is 13.7. The summed E-state index contributed by atoms with van der Waals surface area (Å²) in [6.45, 7) is 9.26. The molecule has 1 aliphatic heterocycles. The van der Waals surface area contributed by atoms with E-state index in [1.807, 2.05) is 30.9 Å². The van der Waals surface area contributed by atoms with E-state index in [0.29, 0.717) is 69.4 Å². The molecule has 0 spiro atoms. The van der Waals surface area contributed by atoms with Gasteiger partial charge in [-0.25, -0.2) is 0 Å². The highest BCUT2D eigenvalue weighted by Crippen LogP contribution is 2.41. The van der Waals surface area contributed by atoms with Crippen LogP contribution in [0.15, 0.2) is 12.1 Å². The lowest BCUT2D eigenvalue weighted by Crippen LogP contribution is -2.55. The average molecular weight is 618 g/mol. The number of ether oxygens (including phenoxy) is 4. The molecule has 14 nitrogen and oxygen atoms in total. The Morgan fingerprint density at radius 2 is 1.57 bits per heavy atom. The average Bonchev–Trinajstić information content (AvgIpc) is 3.73. The molecule has 1 saturated carbocycles. The van der Waals surface area contributed by atoms with Gasteiger partial charge in [-0.2, -0.15) is 8.42 Å². The zero-order chi connectivity index (χ0) is 31.6. The number of rotatable bonds is 12. The van der Waals surface area contributed by atoms with E-state index in [9.17, 15) is 14.4 Å². The Morgan fingerprint density at radius 1 is 0.976 bits per heavy atom. The van der Waals surface area contributed by atoms with E-state index in [1.165, 1.54) is 0 Å². The molecule has 1 heterocycles. The molecule has 1 saturated heterocycles. The first-order chi connectivity index (χ1) is 19.7. The van der Waals surface area contributed by atoms with Gasteiger partial charge in [0.1, 0.15) is 6.04 Å². The molecule has 238 valence electrons. The van der Waals surface area contributed by atoms with Crippen molar-refractivity contribution in [2.45, 2.75) is 46.2 Å². The topological polar surface area (TPSA) is 181 Å². The number of nitrogens with zero attached hydrogens (tertiary/aromatic N) is 2. The molecule has 42 heavy (non-hydrogen) atoms. The minimum Gasteiger partial charge on any atom is -0.493 e. The van der Waals surface area contributed by atoms with Gasteiger partial charge in [0.2, 0.25) is 17.6 Å². The van der Waals surface area contributed by atoms with Crippen LogP contribution < -0.4 is 19.5 Å². The standard InChI is InChI=1S/C27H41N3O7.H2O4S/c1-7-37-27(33)20-15-19(20)25(31)28-21(14-17(2)3)26(32)30-12-10-29(11-13-30)16-18-8-9-22(34-4)24(36-6)23(18)35-5;1-5(2,3)4/h8-9,17,19-21H,7,10-16H2,1-6H3,(H,28,31);(H2,1,2,3,4)/t19-,20-,21+;/m1./s1. The molecule has 1 aromatic carbocycles. The number of carbonyl (C=O) groups excluding carboxylic acids is 3. The third-order valence-corrected chi connectivity index (χ3v) is 6.90. The molecule has 0 bridgehead atoms. The molecule has 0 aromatic heterocycles. The number of hydrogen-bond donors (Lipinski definition) is 3. The van der Waals surface area contributed by atoms with E-state index in [4.69, 9.17) is 36.5 Å². The molecule has 1 aromatic rings. The van der Waals surface area contributed by atoms with Crippen LogP contribution in [0.3, 0.4) is 0 Å². The third kappa shape index (κ3) is 10.6. The lowest BCUT2D eigenvalue weighted by molar-refractivity contribution is -0.146. The summed E-state index contributed by atoms with van der Waals surface area (Å²) in [4.78, 5) is 42.2. The fourth-order valence-electron chi connectivity index (χ4n) is 4.84. The van der Waals surface area contributed by atoms with Gasteiger partial charge in [0, 0.05) is 38.3 Å². The summed E-state index contributed by atoms with van der Waals surface area (Å²) in [5.74, 6) is 0.587. The van der Waals surface area contributed by atoms with Crippen molar-refractivity contribution >= 4 is 28.2 Å². The van der Waals surface area contributed by atoms with E-state index in [2.05, 4.69) is 10.2 Å². The monoisotopic (exact) mass is 617 g/mol. The molecular weight excluding hydrogens is 574 g/mol. The van der Waals surface area contributed by atoms with Crippen LogP contribution in [0, 0.1) is 17.8 Å². The van der Waals surface area contributed by atoms with Crippen molar-refractivity contribution < 1.29 is 50.9 Å². The number of piperazine rings is 1. The van der Waals surface area contributed by atoms with Gasteiger partial charge in [-0.05, 0) is 31.7 Å². The van der Waals surface area contributed by atoms with Crippen LogP contribution in [0.4, 0.5) is 0 Å². The second-order valence-corrected chi connectivity index (χ2v) is 11.3. The van der Waals surface area contributed by atoms with Crippen LogP contribution in [0.5, 0.6) is 17.2 Å². The Hall–Kier alpha value is -3.14. The quantitative estimate of drug-likeness (QED) is 0.227. The number of carbonyl (C=O) groups is 3. The van der Waals surface area contributed by atoms with Crippen molar-refractivity contribution in [1.82, 2.24) is 15.1 Å². The Morgan fingerprint density at radius 3 is 2.07 bits per heavy atom. The van der Waals surface area contributed by atoms with Gasteiger partial charge >= 0.3 is 16.4 Å². The summed E-state index contributed by atoms with van der Waals surface area (Å²) < 4.78 is 53.1. The molecule has 3 N–H and O–H groups in total. The maximum Gasteiger partial charge on any atom is 0.394 e. The van der Waals surface area contributed by atoms with Gasteiger partial charge in [-0.1, -0.05) is 19.9 Å². The van der Waals surface area contributed by atoms with Crippen molar-refractivity contribution in [3.63, 3.8) is 0 Å². The number of benzene rings is 1. The van der Waals surface area contributed by atoms with Gasteiger partial charge in [-0.15, -0.1) is 0 Å². The van der Waals surface area contributed by atoms with Crippen LogP contribution in [-0.4, -0.2) is 105 Å². The summed E-state index contributed by atoms with van der Waals surface area (Å²) in [5.41, 5.74) is 0.977. The van der Waals surface area contributed by atoms with E-state index >= 15 is 0 Å². The summed E-state index contributed by atoms with van der Waals surface area (Å²) in [7, 11) is 0.115. The molecular formula is C27H43N3O11S. The number of nitrogens with one attached hydrogen (secondary N) is 1. The molecule has 2 amide bonds. The van der Waals surface area contributed by atoms with Gasteiger partial charge in [0.15, 0.2) is 11.5 Å². The highest BCUT2D eigenvalue weighted by Gasteiger charge is 2.50. The first kappa shape index (κ1) is 35.1. The van der Waals surface area contributed by atoms with Crippen molar-refractivity contribution in [3.05, 3.63) is 17.7 Å². The van der Waals surface area contributed by atoms with Crippen LogP contribution in [0.25, 0.3) is 0 Å². The van der Waals surface area contributed by atoms with Crippen LogP contribution in [-0.2, 0) is 36.1 Å². The normalized spacial score (nSPS) is 19.2. The highest BCUT2D eigenvalue weighted by molar-refractivity contribution is 7.79.